The number of hydrogen-bond acceptors (Lipinski definition) is 9. The zero-order chi connectivity index (χ0) is 34.2. The number of nitrogens with one attached hydrogen (secondary N) is 2. The van der Waals surface area contributed by atoms with Gasteiger partial charge in [-0.25, -0.2) is 4.98 Å². The van der Waals surface area contributed by atoms with Gasteiger partial charge in [-0.1, -0.05) is 25.7 Å². The molecule has 0 unspecified atom stereocenters. The molecule has 2 aromatic carbocycles. The molecule has 1 aliphatic carbocycles. The third-order valence-electron chi connectivity index (χ3n) is 8.97. The van der Waals surface area contributed by atoms with Crippen LogP contribution in [0.15, 0.2) is 47.0 Å². The monoisotopic (exact) mass is 670 g/mol. The topological polar surface area (TPSA) is 137 Å². The Kier molecular flexibility index (Phi) is 9.34. The highest BCUT2D eigenvalue weighted by atomic mass is 28.3. The fraction of sp³-hybridized carbons (Fsp3) is 0.444. The van der Waals surface area contributed by atoms with Gasteiger partial charge in [-0.3, -0.25) is 4.79 Å². The zero-order valence-corrected chi connectivity index (χ0v) is 29.9. The summed E-state index contributed by atoms with van der Waals surface area (Å²) >= 11 is 0. The van der Waals surface area contributed by atoms with Crippen LogP contribution in [0.5, 0.6) is 5.88 Å². The van der Waals surface area contributed by atoms with Crippen LogP contribution >= 0.6 is 0 Å². The first-order valence-electron chi connectivity index (χ1n) is 16.6. The minimum absolute atomic E-state index is 0.117. The van der Waals surface area contributed by atoms with Crippen molar-refractivity contribution in [3.63, 3.8) is 0 Å². The first-order valence-corrected chi connectivity index (χ1v) is 20.3. The lowest BCUT2D eigenvalue weighted by Gasteiger charge is -2.33. The summed E-state index contributed by atoms with van der Waals surface area (Å²) in [6.45, 7) is 13.6. The predicted octanol–water partition coefficient (Wildman–Crippen LogP) is 7.34. The van der Waals surface area contributed by atoms with Crippen molar-refractivity contribution in [3.8, 4) is 17.0 Å². The van der Waals surface area contributed by atoms with Crippen LogP contribution in [0.25, 0.3) is 33.3 Å². The number of amides is 1. The molecule has 6 rings (SSSR count). The lowest BCUT2D eigenvalue weighted by molar-refractivity contribution is -0.0114. The summed E-state index contributed by atoms with van der Waals surface area (Å²) in [6.07, 6.45) is 4.64. The van der Waals surface area contributed by atoms with Crippen LogP contribution in [0, 0.1) is 13.8 Å². The van der Waals surface area contributed by atoms with E-state index in [9.17, 15) is 9.90 Å². The molecule has 12 heteroatoms. The Morgan fingerprint density at radius 1 is 1.10 bits per heavy atom. The highest BCUT2D eigenvalue weighted by Gasteiger charge is 2.31. The van der Waals surface area contributed by atoms with Gasteiger partial charge in [0.25, 0.3) is 5.91 Å². The van der Waals surface area contributed by atoms with Crippen molar-refractivity contribution in [2.24, 2.45) is 0 Å². The van der Waals surface area contributed by atoms with Crippen LogP contribution in [0.1, 0.15) is 54.4 Å². The van der Waals surface area contributed by atoms with Crippen molar-refractivity contribution in [2.45, 2.75) is 90.6 Å². The molecule has 0 atom stereocenters. The first kappa shape index (κ1) is 33.6. The molecule has 1 amide bonds. The molecule has 0 bridgehead atoms. The van der Waals surface area contributed by atoms with Crippen molar-refractivity contribution >= 4 is 47.7 Å². The first-order chi connectivity index (χ1) is 22.8. The molecule has 11 nitrogen and oxygen atoms in total. The Morgan fingerprint density at radius 3 is 2.58 bits per heavy atom. The number of anilines is 2. The Labute approximate surface area is 282 Å². The van der Waals surface area contributed by atoms with Gasteiger partial charge in [0.1, 0.15) is 18.4 Å². The largest absolute Gasteiger partial charge is 0.474 e. The standard InChI is InChI=1S/C36H46N6O5Si/c1-22-18-25(33(43)37-4)9-10-28(22)39-35-40-32-31(34(41-35)47-26-12-14-36(3,44)15-13-26)27(20-42(32)21-45-16-17-48(5,6)7)24-8-11-29-30(19-24)46-23(2)38-29/h8-11,18-20,26,44H,12-17,21H2,1-7H3,(H,37,43)(H,39,40,41). The molecule has 254 valence electrons. The lowest BCUT2D eigenvalue weighted by Crippen LogP contribution is -2.35. The fourth-order valence-electron chi connectivity index (χ4n) is 6.06. The molecule has 0 aliphatic heterocycles. The van der Waals surface area contributed by atoms with Crippen molar-refractivity contribution in [1.82, 2.24) is 24.8 Å². The van der Waals surface area contributed by atoms with Gasteiger partial charge in [0.05, 0.1) is 11.0 Å². The summed E-state index contributed by atoms with van der Waals surface area (Å²) in [6, 6.07) is 12.5. The van der Waals surface area contributed by atoms with E-state index in [1.54, 1.807) is 13.1 Å². The normalized spacial score (nSPS) is 18.4. The summed E-state index contributed by atoms with van der Waals surface area (Å²) in [5.41, 5.74) is 5.50. The van der Waals surface area contributed by atoms with Crippen molar-refractivity contribution in [2.75, 3.05) is 19.0 Å². The van der Waals surface area contributed by atoms with E-state index in [0.29, 0.717) is 73.5 Å². The third-order valence-corrected chi connectivity index (χ3v) is 10.7. The predicted molar refractivity (Wildman–Crippen MR) is 191 cm³/mol. The van der Waals surface area contributed by atoms with E-state index in [1.165, 1.54) is 0 Å². The van der Waals surface area contributed by atoms with E-state index in [0.717, 1.165) is 39.3 Å². The smallest absolute Gasteiger partial charge is 0.251 e. The van der Waals surface area contributed by atoms with Crippen LogP contribution in [-0.2, 0) is 11.5 Å². The molecule has 5 aromatic rings. The summed E-state index contributed by atoms with van der Waals surface area (Å²) in [7, 11) is 0.330. The van der Waals surface area contributed by atoms with Gasteiger partial charge in [-0.2, -0.15) is 9.97 Å². The molecule has 3 heterocycles. The minimum atomic E-state index is -1.29. The maximum absolute atomic E-state index is 12.2. The van der Waals surface area contributed by atoms with E-state index in [4.69, 9.17) is 23.9 Å². The highest BCUT2D eigenvalue weighted by Crippen LogP contribution is 2.40. The second-order valence-corrected chi connectivity index (χ2v) is 20.0. The second-order valence-electron chi connectivity index (χ2n) is 14.4. The third kappa shape index (κ3) is 7.56. The number of fused-ring (bicyclic) bond motifs is 2. The van der Waals surface area contributed by atoms with Crippen molar-refractivity contribution in [3.05, 3.63) is 59.6 Å². The summed E-state index contributed by atoms with van der Waals surface area (Å²) in [5, 5.41) is 17.5. The molecular formula is C36H46N6O5Si. The van der Waals surface area contributed by atoms with Gasteiger partial charge in [0, 0.05) is 51.7 Å². The number of aryl methyl sites for hydroxylation is 2. The minimum Gasteiger partial charge on any atom is -0.474 e. The summed E-state index contributed by atoms with van der Waals surface area (Å²) < 4.78 is 20.9. The van der Waals surface area contributed by atoms with E-state index < -0.39 is 13.7 Å². The van der Waals surface area contributed by atoms with Gasteiger partial charge >= 0.3 is 0 Å². The van der Waals surface area contributed by atoms with Crippen LogP contribution < -0.4 is 15.4 Å². The molecule has 3 N–H and O–H groups in total. The van der Waals surface area contributed by atoms with Crippen LogP contribution in [-0.4, -0.2) is 64.0 Å². The molecule has 1 aliphatic rings. The maximum atomic E-state index is 12.2. The Balaban J connectivity index is 1.46. The Bertz CT molecular complexity index is 1950. The van der Waals surface area contributed by atoms with E-state index >= 15 is 0 Å². The van der Waals surface area contributed by atoms with Crippen LogP contribution in [0.3, 0.4) is 0 Å². The number of carbonyl (C=O) groups excluding carboxylic acids is 1. The van der Waals surface area contributed by atoms with Gasteiger partial charge < -0.3 is 34.2 Å². The van der Waals surface area contributed by atoms with Crippen LogP contribution in [0.4, 0.5) is 11.6 Å². The van der Waals surface area contributed by atoms with Crippen molar-refractivity contribution < 1.29 is 23.8 Å². The van der Waals surface area contributed by atoms with Crippen LogP contribution in [0.2, 0.25) is 25.7 Å². The average molecular weight is 671 g/mol. The molecule has 3 aromatic heterocycles. The molecule has 1 saturated carbocycles. The van der Waals surface area contributed by atoms with Gasteiger partial charge in [-0.05, 0) is 87.0 Å². The number of aliphatic hydroxyl groups is 1. The number of carbonyl (C=O) groups is 1. The van der Waals surface area contributed by atoms with Gasteiger partial charge in [-0.15, -0.1) is 0 Å². The lowest BCUT2D eigenvalue weighted by atomic mass is 9.85. The Morgan fingerprint density at radius 2 is 1.88 bits per heavy atom. The van der Waals surface area contributed by atoms with Crippen molar-refractivity contribution in [1.29, 1.82) is 0 Å². The zero-order valence-electron chi connectivity index (χ0n) is 28.9. The summed E-state index contributed by atoms with van der Waals surface area (Å²) in [5.74, 6) is 1.28. The number of aromatic nitrogens is 4. The van der Waals surface area contributed by atoms with E-state index in [2.05, 4.69) is 35.3 Å². The molecular weight excluding hydrogens is 625 g/mol. The maximum Gasteiger partial charge on any atom is 0.251 e. The number of ether oxygens (including phenoxy) is 2. The molecule has 48 heavy (non-hydrogen) atoms. The number of nitrogens with zero attached hydrogens (tertiary/aromatic N) is 4. The molecule has 0 radical (unpaired) electrons. The fourth-order valence-corrected chi connectivity index (χ4v) is 6.82. The quantitative estimate of drug-likeness (QED) is 0.0974. The van der Waals surface area contributed by atoms with Gasteiger partial charge in [0.15, 0.2) is 17.1 Å². The second kappa shape index (κ2) is 13.3. The van der Waals surface area contributed by atoms with Gasteiger partial charge in [0.2, 0.25) is 11.8 Å². The van der Waals surface area contributed by atoms with E-state index in [-0.39, 0.29) is 12.0 Å². The number of oxazole rings is 1. The SMILES string of the molecule is CNC(=O)c1ccc(Nc2nc(OC3CCC(C)(O)CC3)c3c(-c4ccc5nc(C)oc5c4)cn(COCC[Si](C)(C)C)c3n2)c(C)c1. The molecule has 0 saturated heterocycles. The number of hydrogen-bond donors (Lipinski definition) is 3. The van der Waals surface area contributed by atoms with E-state index in [1.807, 2.05) is 61.9 Å². The Hall–Kier alpha value is -4.26. The number of rotatable bonds is 11. The average Bonchev–Trinajstić information content (AvgIpc) is 3.59. The molecule has 1 fully saturated rings. The number of benzene rings is 2. The summed E-state index contributed by atoms with van der Waals surface area (Å²) in [4.78, 5) is 26.7. The highest BCUT2D eigenvalue weighted by molar-refractivity contribution is 6.76. The molecule has 0 spiro atoms.